The van der Waals surface area contributed by atoms with Gasteiger partial charge in [0.15, 0.2) is 0 Å². The molecule has 2 aromatic carbocycles. The van der Waals surface area contributed by atoms with E-state index in [2.05, 4.69) is 0 Å². The van der Waals surface area contributed by atoms with Crippen LogP contribution in [0, 0.1) is 0 Å². The number of aliphatic hydroxyl groups excluding tert-OH is 1. The monoisotopic (exact) mass is 262 g/mol. The van der Waals surface area contributed by atoms with Crippen LogP contribution >= 0.6 is 0 Å². The fourth-order valence-electron chi connectivity index (χ4n) is 2.31. The molecule has 0 aliphatic rings. The first kappa shape index (κ1) is 13.5. The summed E-state index contributed by atoms with van der Waals surface area (Å²) >= 11 is 0. The van der Waals surface area contributed by atoms with E-state index in [1.165, 1.54) is 0 Å². The third kappa shape index (κ3) is 2.31. The summed E-state index contributed by atoms with van der Waals surface area (Å²) < 4.78 is 16.2. The van der Waals surface area contributed by atoms with Crippen LogP contribution in [0.2, 0.25) is 0 Å². The van der Waals surface area contributed by atoms with Gasteiger partial charge in [-0.15, -0.1) is 0 Å². The molecule has 2 aromatic rings. The summed E-state index contributed by atoms with van der Waals surface area (Å²) in [6, 6.07) is 7.54. The molecule has 0 aliphatic carbocycles. The Labute approximate surface area is 112 Å². The number of methoxy groups -OCH3 is 3. The molecule has 0 spiro atoms. The van der Waals surface area contributed by atoms with Gasteiger partial charge in [0.2, 0.25) is 0 Å². The van der Waals surface area contributed by atoms with Gasteiger partial charge in [0, 0.05) is 12.0 Å². The molecule has 0 unspecified atom stereocenters. The van der Waals surface area contributed by atoms with Crippen LogP contribution in [0.25, 0.3) is 10.8 Å². The van der Waals surface area contributed by atoms with Crippen LogP contribution in [-0.4, -0.2) is 33.0 Å². The minimum atomic E-state index is 0.0851. The first-order valence-corrected chi connectivity index (χ1v) is 6.08. The van der Waals surface area contributed by atoms with Crippen molar-refractivity contribution in [2.24, 2.45) is 0 Å². The summed E-state index contributed by atoms with van der Waals surface area (Å²) in [5.41, 5.74) is 1.01. The molecule has 0 amide bonds. The zero-order valence-electron chi connectivity index (χ0n) is 11.4. The molecule has 0 aliphatic heterocycles. The SMILES string of the molecule is COc1ccc(OC)c2c(OC)ccc(CCO)c12. The first-order chi connectivity index (χ1) is 9.26. The van der Waals surface area contributed by atoms with Gasteiger partial charge in [-0.05, 0) is 30.2 Å². The molecule has 0 aromatic heterocycles. The molecular formula is C15H18O4. The predicted molar refractivity (Wildman–Crippen MR) is 74.4 cm³/mol. The number of hydrogen-bond donors (Lipinski definition) is 1. The minimum Gasteiger partial charge on any atom is -0.496 e. The van der Waals surface area contributed by atoms with Crippen molar-refractivity contribution in [2.45, 2.75) is 6.42 Å². The van der Waals surface area contributed by atoms with Crippen molar-refractivity contribution in [3.8, 4) is 17.2 Å². The van der Waals surface area contributed by atoms with E-state index in [0.717, 1.165) is 33.6 Å². The van der Waals surface area contributed by atoms with Crippen molar-refractivity contribution in [3.63, 3.8) is 0 Å². The van der Waals surface area contributed by atoms with Gasteiger partial charge in [-0.2, -0.15) is 0 Å². The molecule has 0 atom stereocenters. The van der Waals surface area contributed by atoms with Gasteiger partial charge in [-0.3, -0.25) is 0 Å². The van der Waals surface area contributed by atoms with Gasteiger partial charge in [-0.25, -0.2) is 0 Å². The molecule has 0 bridgehead atoms. The van der Waals surface area contributed by atoms with Crippen molar-refractivity contribution in [3.05, 3.63) is 29.8 Å². The highest BCUT2D eigenvalue weighted by atomic mass is 16.5. The van der Waals surface area contributed by atoms with Crippen LogP contribution in [0.1, 0.15) is 5.56 Å². The number of aliphatic hydroxyl groups is 1. The molecule has 4 nitrogen and oxygen atoms in total. The van der Waals surface area contributed by atoms with Gasteiger partial charge in [0.1, 0.15) is 17.2 Å². The average molecular weight is 262 g/mol. The van der Waals surface area contributed by atoms with Crippen molar-refractivity contribution >= 4 is 10.8 Å². The van der Waals surface area contributed by atoms with Gasteiger partial charge < -0.3 is 19.3 Å². The fraction of sp³-hybridized carbons (Fsp3) is 0.333. The summed E-state index contributed by atoms with van der Waals surface area (Å²) in [6.45, 7) is 0.0851. The topological polar surface area (TPSA) is 47.9 Å². The Balaban J connectivity index is 2.85. The van der Waals surface area contributed by atoms with E-state index in [4.69, 9.17) is 14.2 Å². The molecule has 19 heavy (non-hydrogen) atoms. The summed E-state index contributed by atoms with van der Waals surface area (Å²) in [5, 5.41) is 11.0. The van der Waals surface area contributed by atoms with E-state index in [0.29, 0.717) is 6.42 Å². The molecule has 1 N–H and O–H groups in total. The minimum absolute atomic E-state index is 0.0851. The van der Waals surface area contributed by atoms with E-state index in [1.54, 1.807) is 21.3 Å². The molecule has 0 fully saturated rings. The Kier molecular flexibility index (Phi) is 4.12. The summed E-state index contributed by atoms with van der Waals surface area (Å²) in [7, 11) is 4.88. The Bertz CT molecular complexity index is 568. The molecule has 0 saturated heterocycles. The second-order valence-electron chi connectivity index (χ2n) is 4.12. The Morgan fingerprint density at radius 3 is 1.74 bits per heavy atom. The van der Waals surface area contributed by atoms with Crippen LogP contribution in [-0.2, 0) is 6.42 Å². The predicted octanol–water partition coefficient (Wildman–Crippen LogP) is 2.40. The number of ether oxygens (including phenoxy) is 3. The van der Waals surface area contributed by atoms with Crippen LogP contribution in [0.5, 0.6) is 17.2 Å². The molecule has 0 heterocycles. The van der Waals surface area contributed by atoms with Crippen LogP contribution in [0.15, 0.2) is 24.3 Å². The number of benzene rings is 2. The first-order valence-electron chi connectivity index (χ1n) is 6.08. The highest BCUT2D eigenvalue weighted by Gasteiger charge is 2.15. The standard InChI is InChI=1S/C15H18O4/c1-17-11-6-7-13(19-3)15-12(18-2)5-4-10(8-9-16)14(11)15/h4-7,16H,8-9H2,1-3H3. The Morgan fingerprint density at radius 1 is 0.789 bits per heavy atom. The highest BCUT2D eigenvalue weighted by molar-refractivity contribution is 6.00. The third-order valence-corrected chi connectivity index (χ3v) is 3.17. The lowest BCUT2D eigenvalue weighted by Gasteiger charge is -2.16. The quantitative estimate of drug-likeness (QED) is 0.899. The number of rotatable bonds is 5. The zero-order valence-corrected chi connectivity index (χ0v) is 11.4. The average Bonchev–Trinajstić information content (AvgIpc) is 2.46. The molecule has 4 heteroatoms. The maximum Gasteiger partial charge on any atom is 0.130 e. The van der Waals surface area contributed by atoms with Crippen molar-refractivity contribution < 1.29 is 19.3 Å². The van der Waals surface area contributed by atoms with E-state index in [9.17, 15) is 5.11 Å². The van der Waals surface area contributed by atoms with E-state index < -0.39 is 0 Å². The van der Waals surface area contributed by atoms with Gasteiger partial charge >= 0.3 is 0 Å². The lowest BCUT2D eigenvalue weighted by Crippen LogP contribution is -1.98. The Hall–Kier alpha value is -1.94. The normalized spacial score (nSPS) is 10.5. The maximum absolute atomic E-state index is 9.19. The number of hydrogen-bond acceptors (Lipinski definition) is 4. The van der Waals surface area contributed by atoms with Crippen molar-refractivity contribution in [2.75, 3.05) is 27.9 Å². The lowest BCUT2D eigenvalue weighted by atomic mass is 9.99. The largest absolute Gasteiger partial charge is 0.496 e. The van der Waals surface area contributed by atoms with Gasteiger partial charge in [-0.1, -0.05) is 6.07 Å². The summed E-state index contributed by atoms with van der Waals surface area (Å²) in [5.74, 6) is 2.21. The molecule has 0 saturated carbocycles. The van der Waals surface area contributed by atoms with Crippen LogP contribution in [0.3, 0.4) is 0 Å². The smallest absolute Gasteiger partial charge is 0.130 e. The van der Waals surface area contributed by atoms with Crippen molar-refractivity contribution in [1.82, 2.24) is 0 Å². The summed E-state index contributed by atoms with van der Waals surface area (Å²) in [4.78, 5) is 0. The van der Waals surface area contributed by atoms with Crippen LogP contribution in [0.4, 0.5) is 0 Å². The fourth-order valence-corrected chi connectivity index (χ4v) is 2.31. The van der Waals surface area contributed by atoms with Gasteiger partial charge in [0.25, 0.3) is 0 Å². The third-order valence-electron chi connectivity index (χ3n) is 3.17. The van der Waals surface area contributed by atoms with E-state index >= 15 is 0 Å². The lowest BCUT2D eigenvalue weighted by molar-refractivity contribution is 0.300. The molecule has 102 valence electrons. The van der Waals surface area contributed by atoms with Crippen LogP contribution < -0.4 is 14.2 Å². The molecule has 2 rings (SSSR count). The van der Waals surface area contributed by atoms with E-state index in [1.807, 2.05) is 24.3 Å². The van der Waals surface area contributed by atoms with E-state index in [-0.39, 0.29) is 6.61 Å². The highest BCUT2D eigenvalue weighted by Crippen LogP contribution is 2.41. The zero-order chi connectivity index (χ0) is 13.8. The maximum atomic E-state index is 9.19. The Morgan fingerprint density at radius 2 is 1.26 bits per heavy atom. The second-order valence-corrected chi connectivity index (χ2v) is 4.12. The molecule has 0 radical (unpaired) electrons. The van der Waals surface area contributed by atoms with Gasteiger partial charge in [0.05, 0.1) is 26.7 Å². The molecular weight excluding hydrogens is 244 g/mol. The number of fused-ring (bicyclic) bond motifs is 1. The summed E-state index contributed by atoms with van der Waals surface area (Å²) in [6.07, 6.45) is 0.560. The van der Waals surface area contributed by atoms with Crippen molar-refractivity contribution in [1.29, 1.82) is 0 Å². The second kappa shape index (κ2) is 5.80.